The fourth-order valence-corrected chi connectivity index (χ4v) is 3.34. The highest BCUT2D eigenvalue weighted by atomic mass is 16.5. The minimum absolute atomic E-state index is 0.145. The van der Waals surface area contributed by atoms with Crippen molar-refractivity contribution in [3.05, 3.63) is 70.8 Å². The Morgan fingerprint density at radius 1 is 1.00 bits per heavy atom. The number of hydrogen-bond donors (Lipinski definition) is 1. The van der Waals surface area contributed by atoms with Gasteiger partial charge in [0.25, 0.3) is 0 Å². The zero-order chi connectivity index (χ0) is 13.5. The average molecular weight is 265 g/mol. The summed E-state index contributed by atoms with van der Waals surface area (Å²) in [6.45, 7) is 1.49. The Hall–Kier alpha value is -1.64. The first-order valence-corrected chi connectivity index (χ1v) is 7.33. The van der Waals surface area contributed by atoms with E-state index in [1.165, 1.54) is 28.7 Å². The van der Waals surface area contributed by atoms with Gasteiger partial charge in [0.2, 0.25) is 0 Å². The Labute approximate surface area is 119 Å². The van der Waals surface area contributed by atoms with Crippen LogP contribution in [-0.4, -0.2) is 0 Å². The molecule has 102 valence electrons. The Kier molecular flexibility index (Phi) is 2.86. The second-order valence-corrected chi connectivity index (χ2v) is 5.96. The number of hydrogen-bond acceptors (Lipinski definition) is 2. The molecular weight excluding hydrogens is 246 g/mol. The van der Waals surface area contributed by atoms with Gasteiger partial charge in [-0.15, -0.1) is 0 Å². The number of fused-ring (bicyclic) bond motifs is 1. The summed E-state index contributed by atoms with van der Waals surface area (Å²) >= 11 is 0. The summed E-state index contributed by atoms with van der Waals surface area (Å²) in [6.07, 6.45) is 1.21. The van der Waals surface area contributed by atoms with Crippen LogP contribution in [0.3, 0.4) is 0 Å². The Morgan fingerprint density at radius 2 is 1.80 bits per heavy atom. The summed E-state index contributed by atoms with van der Waals surface area (Å²) in [6, 6.07) is 17.5. The number of nitrogens with two attached hydrogens (primary N) is 1. The monoisotopic (exact) mass is 265 g/mol. The molecule has 2 nitrogen and oxygen atoms in total. The highest BCUT2D eigenvalue weighted by Crippen LogP contribution is 2.53. The lowest BCUT2D eigenvalue weighted by molar-refractivity contribution is 0.134. The largest absolute Gasteiger partial charge is 0.372 e. The van der Waals surface area contributed by atoms with Crippen molar-refractivity contribution in [1.82, 2.24) is 0 Å². The highest BCUT2D eigenvalue weighted by molar-refractivity contribution is 5.37. The van der Waals surface area contributed by atoms with Gasteiger partial charge in [-0.2, -0.15) is 0 Å². The molecule has 2 heteroatoms. The van der Waals surface area contributed by atoms with Gasteiger partial charge < -0.3 is 10.5 Å². The van der Waals surface area contributed by atoms with Crippen LogP contribution in [0, 0.1) is 5.92 Å². The van der Waals surface area contributed by atoms with Crippen molar-refractivity contribution in [2.45, 2.75) is 31.6 Å². The molecule has 4 rings (SSSR count). The predicted molar refractivity (Wildman–Crippen MR) is 79.2 cm³/mol. The molecule has 3 atom stereocenters. The van der Waals surface area contributed by atoms with E-state index in [0.29, 0.717) is 11.8 Å². The van der Waals surface area contributed by atoms with Crippen LogP contribution >= 0.6 is 0 Å². The van der Waals surface area contributed by atoms with Crippen molar-refractivity contribution in [2.24, 2.45) is 11.7 Å². The molecule has 0 amide bonds. The molecule has 1 aliphatic heterocycles. The van der Waals surface area contributed by atoms with Crippen molar-refractivity contribution in [3.8, 4) is 0 Å². The molecule has 2 aromatic carbocycles. The first-order chi connectivity index (χ1) is 9.83. The summed E-state index contributed by atoms with van der Waals surface area (Å²) in [5.74, 6) is 1.22. The molecule has 2 aliphatic rings. The van der Waals surface area contributed by atoms with Crippen molar-refractivity contribution in [3.63, 3.8) is 0 Å². The minimum Gasteiger partial charge on any atom is -0.372 e. The van der Waals surface area contributed by atoms with Gasteiger partial charge in [0.1, 0.15) is 0 Å². The molecule has 0 radical (unpaired) electrons. The molecule has 0 aromatic heterocycles. The van der Waals surface area contributed by atoms with Gasteiger partial charge in [-0.3, -0.25) is 0 Å². The van der Waals surface area contributed by atoms with Crippen LogP contribution in [0.2, 0.25) is 0 Å². The van der Waals surface area contributed by atoms with E-state index in [1.807, 2.05) is 0 Å². The zero-order valence-corrected chi connectivity index (χ0v) is 11.5. The summed E-state index contributed by atoms with van der Waals surface area (Å²) in [7, 11) is 0. The second-order valence-electron chi connectivity index (χ2n) is 5.96. The van der Waals surface area contributed by atoms with Crippen LogP contribution in [0.1, 0.15) is 40.6 Å². The van der Waals surface area contributed by atoms with Gasteiger partial charge in [-0.05, 0) is 40.5 Å². The van der Waals surface area contributed by atoms with E-state index in [9.17, 15) is 0 Å². The molecule has 1 saturated carbocycles. The lowest BCUT2D eigenvalue weighted by atomic mass is 9.96. The van der Waals surface area contributed by atoms with Gasteiger partial charge in [-0.25, -0.2) is 0 Å². The molecule has 3 unspecified atom stereocenters. The lowest BCUT2D eigenvalue weighted by Gasteiger charge is -2.13. The zero-order valence-electron chi connectivity index (χ0n) is 11.5. The fourth-order valence-electron chi connectivity index (χ4n) is 3.34. The fraction of sp³-hybridized carbons (Fsp3) is 0.333. The van der Waals surface area contributed by atoms with Gasteiger partial charge >= 0.3 is 0 Å². The van der Waals surface area contributed by atoms with Crippen molar-refractivity contribution < 1.29 is 4.74 Å². The lowest BCUT2D eigenvalue weighted by Crippen LogP contribution is -2.13. The summed E-state index contributed by atoms with van der Waals surface area (Å²) in [5.41, 5.74) is 11.8. The molecule has 0 bridgehead atoms. The van der Waals surface area contributed by atoms with Crippen LogP contribution in [0.5, 0.6) is 0 Å². The third-order valence-corrected chi connectivity index (χ3v) is 4.66. The quantitative estimate of drug-likeness (QED) is 0.921. The topological polar surface area (TPSA) is 35.2 Å². The van der Waals surface area contributed by atoms with Crippen molar-refractivity contribution in [2.75, 3.05) is 0 Å². The second kappa shape index (κ2) is 4.72. The molecule has 1 fully saturated rings. The summed E-state index contributed by atoms with van der Waals surface area (Å²) in [5, 5.41) is 0. The predicted octanol–water partition coefficient (Wildman–Crippen LogP) is 3.52. The van der Waals surface area contributed by atoms with E-state index in [-0.39, 0.29) is 6.04 Å². The SMILES string of the molecule is NC(c1ccc2c(c1)COC2)C1CC1c1ccccc1. The number of ether oxygens (including phenoxy) is 1. The molecule has 2 N–H and O–H groups in total. The van der Waals surface area contributed by atoms with Gasteiger partial charge in [0.15, 0.2) is 0 Å². The molecule has 20 heavy (non-hydrogen) atoms. The maximum absolute atomic E-state index is 6.48. The van der Waals surface area contributed by atoms with Gasteiger partial charge in [-0.1, -0.05) is 48.5 Å². The molecule has 0 spiro atoms. The summed E-state index contributed by atoms with van der Waals surface area (Å²) in [4.78, 5) is 0. The van der Waals surface area contributed by atoms with Crippen molar-refractivity contribution in [1.29, 1.82) is 0 Å². The van der Waals surface area contributed by atoms with E-state index >= 15 is 0 Å². The molecule has 0 saturated heterocycles. The third kappa shape index (κ3) is 2.05. The smallest absolute Gasteiger partial charge is 0.0725 e. The van der Waals surface area contributed by atoms with E-state index in [0.717, 1.165) is 13.2 Å². The van der Waals surface area contributed by atoms with E-state index in [1.54, 1.807) is 0 Å². The minimum atomic E-state index is 0.145. The Bertz CT molecular complexity index is 623. The average Bonchev–Trinajstić information content (AvgIpc) is 3.17. The standard InChI is InChI=1S/C18H19NO/c19-18(13-6-7-14-10-20-11-15(14)8-13)17-9-16(17)12-4-2-1-3-5-12/h1-8,16-18H,9-11,19H2. The van der Waals surface area contributed by atoms with Crippen LogP contribution in [-0.2, 0) is 18.0 Å². The van der Waals surface area contributed by atoms with Crippen LogP contribution in [0.25, 0.3) is 0 Å². The van der Waals surface area contributed by atoms with Gasteiger partial charge in [0, 0.05) is 6.04 Å². The first kappa shape index (κ1) is 12.1. The number of benzene rings is 2. The Morgan fingerprint density at radius 3 is 2.65 bits per heavy atom. The molecule has 2 aromatic rings. The van der Waals surface area contributed by atoms with E-state index in [2.05, 4.69) is 48.5 Å². The van der Waals surface area contributed by atoms with Crippen LogP contribution in [0.4, 0.5) is 0 Å². The van der Waals surface area contributed by atoms with E-state index in [4.69, 9.17) is 10.5 Å². The third-order valence-electron chi connectivity index (χ3n) is 4.66. The molecular formula is C18H19NO. The van der Waals surface area contributed by atoms with Gasteiger partial charge in [0.05, 0.1) is 13.2 Å². The van der Waals surface area contributed by atoms with E-state index < -0.39 is 0 Å². The first-order valence-electron chi connectivity index (χ1n) is 7.33. The Balaban J connectivity index is 1.53. The normalized spacial score (nSPS) is 25.2. The number of rotatable bonds is 3. The maximum atomic E-state index is 6.48. The summed E-state index contributed by atoms with van der Waals surface area (Å²) < 4.78 is 5.48. The highest BCUT2D eigenvalue weighted by Gasteiger charge is 2.42. The van der Waals surface area contributed by atoms with Crippen LogP contribution in [0.15, 0.2) is 48.5 Å². The van der Waals surface area contributed by atoms with Crippen molar-refractivity contribution >= 4 is 0 Å². The molecule has 1 aliphatic carbocycles. The molecule has 1 heterocycles. The van der Waals surface area contributed by atoms with Crippen LogP contribution < -0.4 is 5.73 Å². The maximum Gasteiger partial charge on any atom is 0.0725 e.